The molecule has 2 aromatic rings. The minimum atomic E-state index is -4.23. The molecule has 1 aliphatic heterocycles. The van der Waals surface area contributed by atoms with E-state index in [9.17, 15) is 27.6 Å². The number of fused-ring (bicyclic) bond motifs is 1. The van der Waals surface area contributed by atoms with Gasteiger partial charge in [0, 0.05) is 13.1 Å². The third-order valence-corrected chi connectivity index (χ3v) is 8.07. The van der Waals surface area contributed by atoms with E-state index >= 15 is 0 Å². The van der Waals surface area contributed by atoms with E-state index in [4.69, 9.17) is 10.5 Å². The second-order valence-corrected chi connectivity index (χ2v) is 11.2. The van der Waals surface area contributed by atoms with Crippen LogP contribution in [0.25, 0.3) is 10.8 Å². The first-order valence-electron chi connectivity index (χ1n) is 12.9. The first kappa shape index (κ1) is 30.6. The number of sulfonamides is 1. The Balaban J connectivity index is 1.75. The van der Waals surface area contributed by atoms with E-state index in [1.165, 1.54) is 17.0 Å². The maximum atomic E-state index is 13.6. The van der Waals surface area contributed by atoms with Gasteiger partial charge in [0.15, 0.2) is 0 Å². The number of nitrogens with zero attached hydrogens (tertiary/aromatic N) is 1. The number of nitrogens with one attached hydrogen (secondary N) is 3. The Hall–Kier alpha value is -3.97. The van der Waals surface area contributed by atoms with Crippen LogP contribution >= 0.6 is 0 Å². The highest BCUT2D eigenvalue weighted by molar-refractivity contribution is 7.89. The Kier molecular flexibility index (Phi) is 10.6. The molecule has 5 N–H and O–H groups in total. The molecule has 0 radical (unpaired) electrons. The van der Waals surface area contributed by atoms with E-state index in [0.717, 1.165) is 12.5 Å². The molecular weight excluding hydrogens is 538 g/mol. The van der Waals surface area contributed by atoms with E-state index < -0.39 is 52.4 Å². The average molecular weight is 574 g/mol. The average Bonchev–Trinajstić information content (AvgIpc) is 3.43. The van der Waals surface area contributed by atoms with Crippen molar-refractivity contribution in [3.05, 3.63) is 54.9 Å². The molecule has 0 spiro atoms. The van der Waals surface area contributed by atoms with Gasteiger partial charge in [-0.05, 0) is 48.6 Å². The lowest BCUT2D eigenvalue weighted by Gasteiger charge is -2.29. The number of benzene rings is 2. The number of hydrogen-bond acceptors (Lipinski definition) is 9. The summed E-state index contributed by atoms with van der Waals surface area (Å²) in [5.74, 6) is -1.77. The van der Waals surface area contributed by atoms with Crippen molar-refractivity contribution in [1.82, 2.24) is 20.3 Å². The third kappa shape index (κ3) is 8.02. The molecule has 216 valence electrons. The zero-order valence-electron chi connectivity index (χ0n) is 22.3. The molecule has 0 aromatic heterocycles. The number of nitrogens with two attached hydrogens (primary N) is 1. The van der Waals surface area contributed by atoms with Gasteiger partial charge >= 0.3 is 5.97 Å². The van der Waals surface area contributed by atoms with Crippen LogP contribution < -0.4 is 21.1 Å². The van der Waals surface area contributed by atoms with Gasteiger partial charge in [0.25, 0.3) is 0 Å². The fourth-order valence-electron chi connectivity index (χ4n) is 4.55. The predicted molar refractivity (Wildman–Crippen MR) is 148 cm³/mol. The van der Waals surface area contributed by atoms with Crippen LogP contribution in [-0.2, 0) is 33.9 Å². The van der Waals surface area contributed by atoms with Gasteiger partial charge in [0.1, 0.15) is 18.4 Å². The number of methoxy groups -OCH3 is 1. The molecule has 0 bridgehead atoms. The first-order valence-corrected chi connectivity index (χ1v) is 14.4. The largest absolute Gasteiger partial charge is 0.469 e. The highest BCUT2D eigenvalue weighted by Gasteiger charge is 2.40. The van der Waals surface area contributed by atoms with Gasteiger partial charge < -0.3 is 30.8 Å². The van der Waals surface area contributed by atoms with Crippen molar-refractivity contribution in [3.63, 3.8) is 0 Å². The zero-order chi connectivity index (χ0) is 29.3. The lowest BCUT2D eigenvalue weighted by atomic mass is 10.1. The lowest BCUT2D eigenvalue weighted by molar-refractivity contribution is -0.146. The van der Waals surface area contributed by atoms with Crippen molar-refractivity contribution >= 4 is 44.9 Å². The van der Waals surface area contributed by atoms with Crippen molar-refractivity contribution in [1.29, 1.82) is 0 Å². The SMILES string of the molecule is C=C(N)NCCCC(C=O)NC(=O)C1CCCN1C(=O)C(CC(=O)OC)NS(=O)(=O)c1ccc2ccccc2c1. The van der Waals surface area contributed by atoms with E-state index in [-0.39, 0.29) is 11.4 Å². The molecular formula is C27H35N5O7S. The highest BCUT2D eigenvalue weighted by atomic mass is 32.2. The Morgan fingerprint density at radius 1 is 1.20 bits per heavy atom. The van der Waals surface area contributed by atoms with Crippen LogP contribution in [0.4, 0.5) is 0 Å². The van der Waals surface area contributed by atoms with Gasteiger partial charge in [-0.25, -0.2) is 8.42 Å². The molecule has 0 saturated carbocycles. The monoisotopic (exact) mass is 573 g/mol. The van der Waals surface area contributed by atoms with Crippen molar-refractivity contribution in [2.24, 2.45) is 5.73 Å². The van der Waals surface area contributed by atoms with Crippen LogP contribution in [0.15, 0.2) is 59.8 Å². The van der Waals surface area contributed by atoms with Gasteiger partial charge in [-0.15, -0.1) is 0 Å². The normalized spacial score (nSPS) is 16.6. The number of aldehydes is 1. The third-order valence-electron chi connectivity index (χ3n) is 6.60. The van der Waals surface area contributed by atoms with Gasteiger partial charge in [-0.3, -0.25) is 14.4 Å². The molecule has 12 nitrogen and oxygen atoms in total. The smallest absolute Gasteiger partial charge is 0.307 e. The second kappa shape index (κ2) is 13.9. The number of esters is 1. The molecule has 2 aromatic carbocycles. The van der Waals surface area contributed by atoms with Crippen LogP contribution in [0.1, 0.15) is 32.1 Å². The maximum absolute atomic E-state index is 13.6. The molecule has 2 amide bonds. The predicted octanol–water partition coefficient (Wildman–Crippen LogP) is 0.524. The van der Waals surface area contributed by atoms with Crippen molar-refractivity contribution in [2.75, 3.05) is 20.2 Å². The Bertz CT molecular complexity index is 1360. The fourth-order valence-corrected chi connectivity index (χ4v) is 5.77. The van der Waals surface area contributed by atoms with Crippen molar-refractivity contribution < 1.29 is 32.3 Å². The van der Waals surface area contributed by atoms with Gasteiger partial charge in [0.05, 0.1) is 30.3 Å². The van der Waals surface area contributed by atoms with Crippen molar-refractivity contribution in [2.45, 2.75) is 55.1 Å². The van der Waals surface area contributed by atoms with E-state index in [0.29, 0.717) is 49.7 Å². The van der Waals surface area contributed by atoms with Gasteiger partial charge in [0.2, 0.25) is 21.8 Å². The Morgan fingerprint density at radius 3 is 2.60 bits per heavy atom. The van der Waals surface area contributed by atoms with Crippen LogP contribution in [0.5, 0.6) is 0 Å². The molecule has 3 unspecified atom stereocenters. The molecule has 1 saturated heterocycles. The summed E-state index contributed by atoms with van der Waals surface area (Å²) in [6.45, 7) is 4.17. The summed E-state index contributed by atoms with van der Waals surface area (Å²) in [5, 5.41) is 7.01. The fraction of sp³-hybridized carbons (Fsp3) is 0.407. The summed E-state index contributed by atoms with van der Waals surface area (Å²) < 4.78 is 33.6. The number of carbonyl (C=O) groups is 4. The lowest BCUT2D eigenvalue weighted by Crippen LogP contribution is -2.55. The quantitative estimate of drug-likeness (QED) is 0.143. The Morgan fingerprint density at radius 2 is 1.93 bits per heavy atom. The molecule has 1 fully saturated rings. The molecule has 3 atom stereocenters. The molecule has 3 rings (SSSR count). The van der Waals surface area contributed by atoms with Crippen molar-refractivity contribution in [3.8, 4) is 0 Å². The van der Waals surface area contributed by atoms with Crippen LogP contribution in [-0.4, -0.2) is 75.7 Å². The first-order chi connectivity index (χ1) is 19.1. The van der Waals surface area contributed by atoms with E-state index in [1.807, 2.05) is 12.1 Å². The molecule has 13 heteroatoms. The Labute approximate surface area is 233 Å². The number of hydrogen-bond donors (Lipinski definition) is 4. The molecule has 1 aliphatic rings. The van der Waals surface area contributed by atoms with Gasteiger partial charge in [-0.2, -0.15) is 4.72 Å². The standard InChI is InChI=1S/C27H35N5O7S/c1-18(28)29-13-5-9-21(17-33)30-26(35)24-10-6-14-32(24)27(36)23(16-25(34)39-2)31-40(37,38)22-12-11-19-7-3-4-8-20(19)15-22/h3-4,7-8,11-12,15,17,21,23-24,29,31H,1,5-6,9-10,13-14,16,28H2,2H3,(H,30,35). The number of rotatable bonds is 14. The number of amides is 2. The summed E-state index contributed by atoms with van der Waals surface area (Å²) >= 11 is 0. The molecule has 40 heavy (non-hydrogen) atoms. The topological polar surface area (TPSA) is 177 Å². The van der Waals surface area contributed by atoms with Crippen LogP contribution in [0.2, 0.25) is 0 Å². The maximum Gasteiger partial charge on any atom is 0.307 e. The van der Waals surface area contributed by atoms with Crippen LogP contribution in [0.3, 0.4) is 0 Å². The van der Waals surface area contributed by atoms with E-state index in [1.54, 1.807) is 18.2 Å². The van der Waals surface area contributed by atoms with E-state index in [2.05, 4.69) is 21.9 Å². The second-order valence-electron chi connectivity index (χ2n) is 9.50. The summed E-state index contributed by atoms with van der Waals surface area (Å²) in [6.07, 6.45) is 1.73. The van der Waals surface area contributed by atoms with Gasteiger partial charge in [-0.1, -0.05) is 36.9 Å². The minimum Gasteiger partial charge on any atom is -0.469 e. The number of carbonyl (C=O) groups excluding carboxylic acids is 4. The van der Waals surface area contributed by atoms with Crippen LogP contribution in [0, 0.1) is 0 Å². The highest BCUT2D eigenvalue weighted by Crippen LogP contribution is 2.22. The summed E-state index contributed by atoms with van der Waals surface area (Å²) in [4.78, 5) is 51.5. The molecule has 0 aliphatic carbocycles. The summed E-state index contributed by atoms with van der Waals surface area (Å²) in [5.41, 5.74) is 5.45. The summed E-state index contributed by atoms with van der Waals surface area (Å²) in [7, 11) is -3.10. The summed E-state index contributed by atoms with van der Waals surface area (Å²) in [6, 6.07) is 8.52. The number of likely N-dealkylation sites (tertiary alicyclic amines) is 1. The number of ether oxygens (including phenoxy) is 1. The minimum absolute atomic E-state index is 0.0777. The molecule has 1 heterocycles. The zero-order valence-corrected chi connectivity index (χ0v) is 23.1.